The van der Waals surface area contributed by atoms with Gasteiger partial charge >= 0.3 is 0 Å². The minimum Gasteiger partial charge on any atom is -0.490 e. The number of rotatable bonds is 4. The van der Waals surface area contributed by atoms with Crippen molar-refractivity contribution in [2.24, 2.45) is 0 Å². The predicted octanol–water partition coefficient (Wildman–Crippen LogP) is 3.78. The summed E-state index contributed by atoms with van der Waals surface area (Å²) in [5, 5.41) is 0.906. The number of para-hydroxylation sites is 1. The molecule has 0 bridgehead atoms. The second kappa shape index (κ2) is 5.53. The summed E-state index contributed by atoms with van der Waals surface area (Å²) in [4.78, 5) is 17.6. The molecule has 0 unspecified atom stereocenters. The van der Waals surface area contributed by atoms with Crippen LogP contribution in [-0.4, -0.2) is 16.9 Å². The number of aryl methyl sites for hydroxylation is 2. The Morgan fingerprint density at radius 1 is 1.26 bits per heavy atom. The van der Waals surface area contributed by atoms with Crippen LogP contribution in [0.2, 0.25) is 0 Å². The van der Waals surface area contributed by atoms with Crippen LogP contribution < -0.4 is 4.74 Å². The van der Waals surface area contributed by atoms with Gasteiger partial charge in [0.05, 0.1) is 27.2 Å². The van der Waals surface area contributed by atoms with Gasteiger partial charge in [-0.3, -0.25) is 4.79 Å². The minimum absolute atomic E-state index is 0.0145. The lowest BCUT2D eigenvalue weighted by atomic mass is 10.1. The molecule has 2 rings (SSSR count). The van der Waals surface area contributed by atoms with Gasteiger partial charge in [-0.25, -0.2) is 4.98 Å². The number of thiazole rings is 1. The second-order valence-corrected chi connectivity index (χ2v) is 5.84. The van der Waals surface area contributed by atoms with Crippen LogP contribution in [-0.2, 0) is 0 Å². The molecule has 0 aliphatic heterocycles. The van der Waals surface area contributed by atoms with Crippen LogP contribution in [0, 0.1) is 13.8 Å². The minimum atomic E-state index is -0.0145. The molecular formula is C15H17NO2S. The van der Waals surface area contributed by atoms with E-state index in [1.54, 1.807) is 6.07 Å². The third kappa shape index (κ3) is 3.01. The molecule has 2 aromatic rings. The lowest BCUT2D eigenvalue weighted by Crippen LogP contribution is -2.10. The average Bonchev–Trinajstić information content (AvgIpc) is 2.67. The summed E-state index contributed by atoms with van der Waals surface area (Å²) in [5.41, 5.74) is 1.38. The number of hydrogen-bond acceptors (Lipinski definition) is 4. The standard InChI is InChI=1S/C15H17NO2S/c1-9(2)18-13-8-6-5-7-12(13)14(17)15-10(3)16-11(4)19-15/h5-9H,1-4H3. The number of hydrogen-bond donors (Lipinski definition) is 0. The van der Waals surface area contributed by atoms with Gasteiger partial charge in [0.2, 0.25) is 5.78 Å². The van der Waals surface area contributed by atoms with Gasteiger partial charge in [-0.2, -0.15) is 0 Å². The maximum Gasteiger partial charge on any atom is 0.208 e. The SMILES string of the molecule is Cc1nc(C)c(C(=O)c2ccccc2OC(C)C)s1. The second-order valence-electron chi connectivity index (χ2n) is 4.64. The highest BCUT2D eigenvalue weighted by Gasteiger charge is 2.19. The van der Waals surface area contributed by atoms with Crippen molar-refractivity contribution in [3.63, 3.8) is 0 Å². The molecule has 1 heterocycles. The van der Waals surface area contributed by atoms with Gasteiger partial charge in [0.15, 0.2) is 0 Å². The highest BCUT2D eigenvalue weighted by atomic mass is 32.1. The molecule has 3 nitrogen and oxygen atoms in total. The van der Waals surface area contributed by atoms with Gasteiger partial charge in [0, 0.05) is 0 Å². The lowest BCUT2D eigenvalue weighted by molar-refractivity contribution is 0.103. The van der Waals surface area contributed by atoms with Crippen LogP contribution in [0.15, 0.2) is 24.3 Å². The zero-order valence-corrected chi connectivity index (χ0v) is 12.4. The molecule has 0 aliphatic rings. The Hall–Kier alpha value is -1.68. The number of ether oxygens (including phenoxy) is 1. The van der Waals surface area contributed by atoms with Gasteiger partial charge in [-0.1, -0.05) is 12.1 Å². The third-order valence-electron chi connectivity index (χ3n) is 2.60. The first-order valence-electron chi connectivity index (χ1n) is 6.23. The van der Waals surface area contributed by atoms with Crippen LogP contribution in [0.3, 0.4) is 0 Å². The van der Waals surface area contributed by atoms with Crippen molar-refractivity contribution in [3.8, 4) is 5.75 Å². The Kier molecular flexibility index (Phi) is 4.00. The molecule has 0 saturated carbocycles. The normalized spacial score (nSPS) is 10.8. The van der Waals surface area contributed by atoms with E-state index < -0.39 is 0 Å². The molecule has 19 heavy (non-hydrogen) atoms. The fourth-order valence-corrected chi connectivity index (χ4v) is 2.75. The number of benzene rings is 1. The van der Waals surface area contributed by atoms with Crippen molar-refractivity contribution in [1.82, 2.24) is 4.98 Å². The van der Waals surface area contributed by atoms with E-state index in [0.29, 0.717) is 16.2 Å². The summed E-state index contributed by atoms with van der Waals surface area (Å²) in [6.07, 6.45) is 0.0400. The summed E-state index contributed by atoms with van der Waals surface area (Å²) in [7, 11) is 0. The highest BCUT2D eigenvalue weighted by molar-refractivity contribution is 7.14. The lowest BCUT2D eigenvalue weighted by Gasteiger charge is -2.13. The molecule has 0 fully saturated rings. The number of ketones is 1. The number of carbonyl (C=O) groups excluding carboxylic acids is 1. The van der Waals surface area contributed by atoms with Crippen molar-refractivity contribution >= 4 is 17.1 Å². The Labute approximate surface area is 117 Å². The first kappa shape index (κ1) is 13.7. The fraction of sp³-hybridized carbons (Fsp3) is 0.333. The number of carbonyl (C=O) groups is 1. The van der Waals surface area contributed by atoms with E-state index in [0.717, 1.165) is 10.7 Å². The molecule has 0 amide bonds. The van der Waals surface area contributed by atoms with E-state index in [4.69, 9.17) is 4.74 Å². The van der Waals surface area contributed by atoms with Gasteiger partial charge < -0.3 is 4.74 Å². The van der Waals surface area contributed by atoms with Gasteiger partial charge in [0.25, 0.3) is 0 Å². The summed E-state index contributed by atoms with van der Waals surface area (Å²) in [6.45, 7) is 7.67. The predicted molar refractivity (Wildman–Crippen MR) is 77.2 cm³/mol. The van der Waals surface area contributed by atoms with Crippen molar-refractivity contribution < 1.29 is 9.53 Å². The van der Waals surface area contributed by atoms with E-state index in [1.807, 2.05) is 45.9 Å². The summed E-state index contributed by atoms with van der Waals surface area (Å²) in [5.74, 6) is 0.618. The number of aromatic nitrogens is 1. The van der Waals surface area contributed by atoms with Crippen molar-refractivity contribution in [2.45, 2.75) is 33.8 Å². The third-order valence-corrected chi connectivity index (χ3v) is 3.68. The van der Waals surface area contributed by atoms with E-state index in [1.165, 1.54) is 11.3 Å². The van der Waals surface area contributed by atoms with Crippen LogP contribution >= 0.6 is 11.3 Å². The van der Waals surface area contributed by atoms with Crippen LogP contribution in [0.1, 0.15) is 39.8 Å². The quantitative estimate of drug-likeness (QED) is 0.797. The molecule has 0 spiro atoms. The van der Waals surface area contributed by atoms with Crippen molar-refractivity contribution in [1.29, 1.82) is 0 Å². The van der Waals surface area contributed by atoms with Crippen LogP contribution in [0.4, 0.5) is 0 Å². The molecule has 4 heteroatoms. The Bertz CT molecular complexity index is 602. The molecule has 1 aromatic heterocycles. The summed E-state index contributed by atoms with van der Waals surface area (Å²) >= 11 is 1.43. The van der Waals surface area contributed by atoms with Crippen LogP contribution in [0.5, 0.6) is 5.75 Å². The molecule has 0 aliphatic carbocycles. The first-order chi connectivity index (χ1) is 8.99. The van der Waals surface area contributed by atoms with Gasteiger partial charge in [-0.05, 0) is 39.8 Å². The van der Waals surface area contributed by atoms with Crippen LogP contribution in [0.25, 0.3) is 0 Å². The molecule has 100 valence electrons. The number of nitrogens with zero attached hydrogens (tertiary/aromatic N) is 1. The van der Waals surface area contributed by atoms with E-state index >= 15 is 0 Å². The Balaban J connectivity index is 2.41. The molecular weight excluding hydrogens is 258 g/mol. The first-order valence-corrected chi connectivity index (χ1v) is 7.05. The molecule has 0 radical (unpaired) electrons. The Morgan fingerprint density at radius 2 is 1.95 bits per heavy atom. The zero-order valence-electron chi connectivity index (χ0n) is 11.6. The Morgan fingerprint density at radius 3 is 2.53 bits per heavy atom. The maximum absolute atomic E-state index is 12.6. The summed E-state index contributed by atoms with van der Waals surface area (Å²) < 4.78 is 5.70. The maximum atomic E-state index is 12.6. The van der Waals surface area contributed by atoms with E-state index in [2.05, 4.69) is 4.98 Å². The smallest absolute Gasteiger partial charge is 0.208 e. The largest absolute Gasteiger partial charge is 0.490 e. The topological polar surface area (TPSA) is 39.2 Å². The zero-order chi connectivity index (χ0) is 14.0. The van der Waals surface area contributed by atoms with Gasteiger partial charge in [0.1, 0.15) is 5.75 Å². The van der Waals surface area contributed by atoms with E-state index in [9.17, 15) is 4.79 Å². The molecule has 0 N–H and O–H groups in total. The monoisotopic (exact) mass is 275 g/mol. The fourth-order valence-electron chi connectivity index (χ4n) is 1.88. The summed E-state index contributed by atoms with van der Waals surface area (Å²) in [6, 6.07) is 7.36. The van der Waals surface area contributed by atoms with E-state index in [-0.39, 0.29) is 11.9 Å². The van der Waals surface area contributed by atoms with Crippen molar-refractivity contribution in [3.05, 3.63) is 45.4 Å². The molecule has 0 saturated heterocycles. The highest BCUT2D eigenvalue weighted by Crippen LogP contribution is 2.26. The molecule has 0 atom stereocenters. The van der Waals surface area contributed by atoms with Crippen molar-refractivity contribution in [2.75, 3.05) is 0 Å². The average molecular weight is 275 g/mol. The van der Waals surface area contributed by atoms with Gasteiger partial charge in [-0.15, -0.1) is 11.3 Å². The molecule has 1 aromatic carbocycles.